The SMILES string of the molecule is CCNC(=NCc1ccc(OC)c(O)c1)NCc1c(CC)noc1CC. The first-order chi connectivity index (χ1) is 12.6. The molecule has 0 atom stereocenters. The fraction of sp³-hybridized carbons (Fsp3) is 0.474. The normalized spacial score (nSPS) is 11.5. The highest BCUT2D eigenvalue weighted by Gasteiger charge is 2.13. The van der Waals surface area contributed by atoms with Gasteiger partial charge in [0, 0.05) is 25.1 Å². The van der Waals surface area contributed by atoms with Crippen molar-refractivity contribution in [2.75, 3.05) is 13.7 Å². The van der Waals surface area contributed by atoms with E-state index in [2.05, 4.69) is 34.6 Å². The Kier molecular flexibility index (Phi) is 7.32. The van der Waals surface area contributed by atoms with Crippen LogP contribution in [0, 0.1) is 0 Å². The molecule has 0 amide bonds. The molecule has 3 N–H and O–H groups in total. The zero-order valence-corrected chi connectivity index (χ0v) is 15.9. The van der Waals surface area contributed by atoms with Crippen LogP contribution in [0.15, 0.2) is 27.7 Å². The number of benzene rings is 1. The van der Waals surface area contributed by atoms with Crippen LogP contribution in [0.1, 0.15) is 43.4 Å². The average molecular weight is 360 g/mol. The van der Waals surface area contributed by atoms with Gasteiger partial charge in [-0.15, -0.1) is 0 Å². The molecule has 0 aliphatic carbocycles. The van der Waals surface area contributed by atoms with Crippen molar-refractivity contribution in [1.29, 1.82) is 0 Å². The standard InChI is InChI=1S/C19H28N4O3/c1-5-15-14(17(6-2)26-23-15)12-22-19(20-7-3)21-11-13-8-9-18(25-4)16(24)10-13/h8-10,24H,5-7,11-12H2,1-4H3,(H2,20,21,22). The first-order valence-corrected chi connectivity index (χ1v) is 8.97. The van der Waals surface area contributed by atoms with Gasteiger partial charge in [-0.2, -0.15) is 0 Å². The molecule has 2 aromatic rings. The van der Waals surface area contributed by atoms with E-state index in [1.807, 2.05) is 13.0 Å². The third-order valence-corrected chi connectivity index (χ3v) is 4.05. The summed E-state index contributed by atoms with van der Waals surface area (Å²) in [5, 5.41) is 20.6. The maximum absolute atomic E-state index is 9.88. The monoisotopic (exact) mass is 360 g/mol. The number of aliphatic imine (C=N–C) groups is 1. The van der Waals surface area contributed by atoms with Crippen LogP contribution in [0.5, 0.6) is 11.5 Å². The van der Waals surface area contributed by atoms with Crippen molar-refractivity contribution in [3.05, 3.63) is 40.8 Å². The van der Waals surface area contributed by atoms with Crippen LogP contribution >= 0.6 is 0 Å². The summed E-state index contributed by atoms with van der Waals surface area (Å²) in [4.78, 5) is 4.58. The molecular formula is C19H28N4O3. The second kappa shape index (κ2) is 9.70. The number of aromatic nitrogens is 1. The fourth-order valence-corrected chi connectivity index (χ4v) is 2.66. The van der Waals surface area contributed by atoms with E-state index in [0.29, 0.717) is 24.8 Å². The van der Waals surface area contributed by atoms with E-state index in [4.69, 9.17) is 9.26 Å². The lowest BCUT2D eigenvalue weighted by Crippen LogP contribution is -2.37. The Labute approximate surface area is 154 Å². The average Bonchev–Trinajstić information content (AvgIpc) is 3.06. The topological polar surface area (TPSA) is 91.9 Å². The predicted octanol–water partition coefficient (Wildman–Crippen LogP) is 2.77. The summed E-state index contributed by atoms with van der Waals surface area (Å²) >= 11 is 0. The van der Waals surface area contributed by atoms with Crippen LogP contribution in [-0.4, -0.2) is 29.9 Å². The van der Waals surface area contributed by atoms with Crippen molar-refractivity contribution in [2.45, 2.75) is 46.7 Å². The van der Waals surface area contributed by atoms with Crippen LogP contribution in [-0.2, 0) is 25.9 Å². The second-order valence-corrected chi connectivity index (χ2v) is 5.79. The van der Waals surface area contributed by atoms with Gasteiger partial charge in [0.05, 0.1) is 19.3 Å². The number of nitrogens with one attached hydrogen (secondary N) is 2. The van der Waals surface area contributed by atoms with Crippen LogP contribution in [0.4, 0.5) is 0 Å². The maximum atomic E-state index is 9.88. The van der Waals surface area contributed by atoms with E-state index in [1.54, 1.807) is 12.1 Å². The number of phenolic OH excluding ortho intramolecular Hbond substituents is 1. The molecule has 142 valence electrons. The lowest BCUT2D eigenvalue weighted by molar-refractivity contribution is 0.373. The molecular weight excluding hydrogens is 332 g/mol. The van der Waals surface area contributed by atoms with Gasteiger partial charge in [0.25, 0.3) is 0 Å². The van der Waals surface area contributed by atoms with Gasteiger partial charge in [-0.1, -0.05) is 25.1 Å². The number of aryl methyl sites for hydroxylation is 2. The summed E-state index contributed by atoms with van der Waals surface area (Å²) in [6.07, 6.45) is 1.64. The lowest BCUT2D eigenvalue weighted by Gasteiger charge is -2.12. The Hall–Kier alpha value is -2.70. The molecule has 0 saturated carbocycles. The largest absolute Gasteiger partial charge is 0.504 e. The second-order valence-electron chi connectivity index (χ2n) is 5.79. The van der Waals surface area contributed by atoms with Gasteiger partial charge in [0.15, 0.2) is 17.5 Å². The molecule has 0 fully saturated rings. The first-order valence-electron chi connectivity index (χ1n) is 8.97. The fourth-order valence-electron chi connectivity index (χ4n) is 2.66. The Morgan fingerprint density at radius 2 is 2.04 bits per heavy atom. The van der Waals surface area contributed by atoms with Gasteiger partial charge in [0.1, 0.15) is 5.76 Å². The van der Waals surface area contributed by atoms with Gasteiger partial charge >= 0.3 is 0 Å². The van der Waals surface area contributed by atoms with Gasteiger partial charge in [-0.05, 0) is 31.0 Å². The smallest absolute Gasteiger partial charge is 0.191 e. The lowest BCUT2D eigenvalue weighted by atomic mass is 10.1. The van der Waals surface area contributed by atoms with Crippen LogP contribution in [0.3, 0.4) is 0 Å². The molecule has 1 aromatic carbocycles. The summed E-state index contributed by atoms with van der Waals surface area (Å²) < 4.78 is 10.5. The van der Waals surface area contributed by atoms with Gasteiger partial charge in [0.2, 0.25) is 0 Å². The molecule has 2 rings (SSSR count). The number of rotatable bonds is 8. The Morgan fingerprint density at radius 3 is 2.65 bits per heavy atom. The third-order valence-electron chi connectivity index (χ3n) is 4.05. The maximum Gasteiger partial charge on any atom is 0.191 e. The van der Waals surface area contributed by atoms with E-state index in [-0.39, 0.29) is 5.75 Å². The Balaban J connectivity index is 2.07. The molecule has 7 heteroatoms. The summed E-state index contributed by atoms with van der Waals surface area (Å²) in [5.41, 5.74) is 2.97. The summed E-state index contributed by atoms with van der Waals surface area (Å²) in [6.45, 7) is 7.94. The highest BCUT2D eigenvalue weighted by molar-refractivity contribution is 5.79. The summed E-state index contributed by atoms with van der Waals surface area (Å²) in [7, 11) is 1.53. The van der Waals surface area contributed by atoms with Crippen molar-refractivity contribution in [3.8, 4) is 11.5 Å². The zero-order valence-electron chi connectivity index (χ0n) is 15.9. The van der Waals surface area contributed by atoms with Crippen molar-refractivity contribution < 1.29 is 14.4 Å². The minimum absolute atomic E-state index is 0.114. The highest BCUT2D eigenvalue weighted by Crippen LogP contribution is 2.26. The Bertz CT molecular complexity index is 719. The summed E-state index contributed by atoms with van der Waals surface area (Å²) in [5.74, 6) is 2.18. The molecule has 0 aliphatic rings. The number of hydrogen-bond donors (Lipinski definition) is 3. The number of guanidine groups is 1. The Morgan fingerprint density at radius 1 is 1.23 bits per heavy atom. The zero-order chi connectivity index (χ0) is 18.9. The van der Waals surface area contributed by atoms with E-state index in [1.165, 1.54) is 7.11 Å². The van der Waals surface area contributed by atoms with Crippen molar-refractivity contribution in [3.63, 3.8) is 0 Å². The van der Waals surface area contributed by atoms with E-state index >= 15 is 0 Å². The summed E-state index contributed by atoms with van der Waals surface area (Å²) in [6, 6.07) is 5.28. The van der Waals surface area contributed by atoms with E-state index in [9.17, 15) is 5.11 Å². The molecule has 1 heterocycles. The van der Waals surface area contributed by atoms with Crippen molar-refractivity contribution in [2.24, 2.45) is 4.99 Å². The minimum Gasteiger partial charge on any atom is -0.504 e. The molecule has 0 radical (unpaired) electrons. The third kappa shape index (κ3) is 4.91. The number of nitrogens with zero attached hydrogens (tertiary/aromatic N) is 2. The molecule has 0 unspecified atom stereocenters. The molecule has 0 bridgehead atoms. The molecule has 0 aliphatic heterocycles. The highest BCUT2D eigenvalue weighted by atomic mass is 16.5. The van der Waals surface area contributed by atoms with Crippen molar-refractivity contribution >= 4 is 5.96 Å². The van der Waals surface area contributed by atoms with Crippen LogP contribution < -0.4 is 15.4 Å². The van der Waals surface area contributed by atoms with Gasteiger partial charge in [-0.3, -0.25) is 0 Å². The van der Waals surface area contributed by atoms with Crippen LogP contribution in [0.25, 0.3) is 0 Å². The molecule has 0 spiro atoms. The molecule has 1 aromatic heterocycles. The molecule has 26 heavy (non-hydrogen) atoms. The predicted molar refractivity (Wildman–Crippen MR) is 102 cm³/mol. The number of aromatic hydroxyl groups is 1. The molecule has 7 nitrogen and oxygen atoms in total. The van der Waals surface area contributed by atoms with Crippen molar-refractivity contribution in [1.82, 2.24) is 15.8 Å². The number of phenols is 1. The molecule has 0 saturated heterocycles. The van der Waals surface area contributed by atoms with Gasteiger partial charge in [-0.25, -0.2) is 4.99 Å². The quantitative estimate of drug-likeness (QED) is 0.495. The number of hydrogen-bond acceptors (Lipinski definition) is 5. The number of ether oxygens (including phenoxy) is 1. The first kappa shape index (κ1) is 19.6. The minimum atomic E-state index is 0.114. The van der Waals surface area contributed by atoms with E-state index in [0.717, 1.165) is 42.0 Å². The number of methoxy groups -OCH3 is 1. The van der Waals surface area contributed by atoms with E-state index < -0.39 is 0 Å². The van der Waals surface area contributed by atoms with Gasteiger partial charge < -0.3 is 25.0 Å². The van der Waals surface area contributed by atoms with Crippen LogP contribution in [0.2, 0.25) is 0 Å².